The van der Waals surface area contributed by atoms with Gasteiger partial charge in [-0.1, -0.05) is 30.3 Å². The van der Waals surface area contributed by atoms with E-state index in [0.717, 1.165) is 24.2 Å². The number of amides is 1. The summed E-state index contributed by atoms with van der Waals surface area (Å²) in [6.07, 6.45) is 4.99. The third kappa shape index (κ3) is 3.28. The van der Waals surface area contributed by atoms with Crippen molar-refractivity contribution in [3.63, 3.8) is 0 Å². The molecule has 0 saturated carbocycles. The van der Waals surface area contributed by atoms with Gasteiger partial charge in [-0.3, -0.25) is 4.79 Å². The molecule has 0 radical (unpaired) electrons. The largest absolute Gasteiger partial charge is 0.480 e. The number of aromatic nitrogens is 4. The molecule has 1 N–H and O–H groups in total. The van der Waals surface area contributed by atoms with Gasteiger partial charge in [-0.05, 0) is 30.5 Å². The summed E-state index contributed by atoms with van der Waals surface area (Å²) in [4.78, 5) is 22.6. The molecule has 4 aromatic rings. The molecule has 0 bridgehead atoms. The van der Waals surface area contributed by atoms with Crippen molar-refractivity contribution in [3.8, 4) is 11.9 Å². The van der Waals surface area contributed by atoms with Crippen molar-refractivity contribution in [2.45, 2.75) is 18.3 Å². The van der Waals surface area contributed by atoms with Crippen LogP contribution in [0.2, 0.25) is 0 Å². The number of benzene rings is 1. The van der Waals surface area contributed by atoms with Gasteiger partial charge < -0.3 is 14.6 Å². The molecule has 3 aromatic heterocycles. The summed E-state index contributed by atoms with van der Waals surface area (Å²) >= 11 is 0. The van der Waals surface area contributed by atoms with Crippen LogP contribution >= 0.6 is 0 Å². The van der Waals surface area contributed by atoms with Gasteiger partial charge in [0.2, 0.25) is 5.88 Å². The molecular formula is C24H22N6O2. The Hall–Kier alpha value is -4.12. The fourth-order valence-electron chi connectivity index (χ4n) is 4.50. The average Bonchev–Trinajstić information content (AvgIpc) is 3.51. The molecule has 8 heteroatoms. The third-order valence-electron chi connectivity index (χ3n) is 6.27. The van der Waals surface area contributed by atoms with Crippen LogP contribution in [0.3, 0.4) is 0 Å². The van der Waals surface area contributed by atoms with Gasteiger partial charge in [0.1, 0.15) is 11.8 Å². The number of methoxy groups -OCH3 is 1. The number of likely N-dealkylation sites (tertiary alicyclic amines) is 1. The second kappa shape index (κ2) is 7.85. The predicted molar refractivity (Wildman–Crippen MR) is 117 cm³/mol. The number of aromatic amines is 1. The Morgan fingerprint density at radius 3 is 2.66 bits per heavy atom. The van der Waals surface area contributed by atoms with Crippen molar-refractivity contribution >= 4 is 11.6 Å². The zero-order valence-electron chi connectivity index (χ0n) is 17.7. The summed E-state index contributed by atoms with van der Waals surface area (Å²) in [6.45, 7) is 1.17. The maximum absolute atomic E-state index is 13.0. The van der Waals surface area contributed by atoms with Gasteiger partial charge in [0.05, 0.1) is 24.6 Å². The van der Waals surface area contributed by atoms with Crippen molar-refractivity contribution in [2.75, 3.05) is 20.2 Å². The van der Waals surface area contributed by atoms with E-state index in [2.05, 4.69) is 28.3 Å². The van der Waals surface area contributed by atoms with Crippen LogP contribution in [0.25, 0.3) is 5.65 Å². The molecule has 0 atom stereocenters. The summed E-state index contributed by atoms with van der Waals surface area (Å²) < 4.78 is 7.00. The highest BCUT2D eigenvalue weighted by atomic mass is 16.5. The standard InChI is InChI=1S/C24H22N6O2/c1-32-22-8-7-21-27-20(16-30(21)28-22)24(18-5-3-2-4-6-18)9-11-29(12-10-24)23(31)19-13-17(14-25)15-26-19/h2-8,13,15-16,26H,9-12H2,1H3. The number of rotatable bonds is 4. The lowest BCUT2D eigenvalue weighted by atomic mass is 9.70. The molecular weight excluding hydrogens is 404 g/mol. The quantitative estimate of drug-likeness (QED) is 0.540. The number of carbonyl (C=O) groups is 1. The van der Waals surface area contributed by atoms with E-state index in [4.69, 9.17) is 15.0 Å². The minimum Gasteiger partial charge on any atom is -0.480 e. The van der Waals surface area contributed by atoms with E-state index in [-0.39, 0.29) is 11.3 Å². The summed E-state index contributed by atoms with van der Waals surface area (Å²) in [5, 5.41) is 13.5. The number of hydrogen-bond acceptors (Lipinski definition) is 5. The van der Waals surface area contributed by atoms with Crippen molar-refractivity contribution in [2.24, 2.45) is 0 Å². The first-order valence-electron chi connectivity index (χ1n) is 10.5. The van der Waals surface area contributed by atoms with Crippen LogP contribution in [0.4, 0.5) is 0 Å². The lowest BCUT2D eigenvalue weighted by molar-refractivity contribution is 0.0679. The Labute approximate surface area is 185 Å². The van der Waals surface area contributed by atoms with E-state index in [1.54, 1.807) is 30.0 Å². The highest BCUT2D eigenvalue weighted by Gasteiger charge is 2.41. The lowest BCUT2D eigenvalue weighted by Crippen LogP contribution is -2.46. The fourth-order valence-corrected chi connectivity index (χ4v) is 4.50. The molecule has 1 amide bonds. The number of nitrogens with zero attached hydrogens (tertiary/aromatic N) is 5. The number of hydrogen-bond donors (Lipinski definition) is 1. The van der Waals surface area contributed by atoms with Crippen LogP contribution in [-0.2, 0) is 5.41 Å². The van der Waals surface area contributed by atoms with E-state index >= 15 is 0 Å². The Bertz CT molecular complexity index is 1310. The molecule has 160 valence electrons. The van der Waals surface area contributed by atoms with Crippen LogP contribution in [0.1, 0.15) is 40.2 Å². The minimum atomic E-state index is -0.327. The number of fused-ring (bicyclic) bond motifs is 1. The van der Waals surface area contributed by atoms with Gasteiger partial charge in [-0.25, -0.2) is 9.50 Å². The first kappa shape index (κ1) is 19.8. The molecule has 5 rings (SSSR count). The summed E-state index contributed by atoms with van der Waals surface area (Å²) in [5.41, 5.74) is 3.43. The van der Waals surface area contributed by atoms with Gasteiger partial charge in [-0.15, -0.1) is 5.10 Å². The first-order chi connectivity index (χ1) is 15.6. The van der Waals surface area contributed by atoms with Crippen molar-refractivity contribution in [1.82, 2.24) is 24.5 Å². The van der Waals surface area contributed by atoms with E-state index in [0.29, 0.717) is 30.2 Å². The van der Waals surface area contributed by atoms with E-state index in [1.807, 2.05) is 35.4 Å². The van der Waals surface area contributed by atoms with Crippen LogP contribution < -0.4 is 4.74 Å². The number of carbonyl (C=O) groups excluding carboxylic acids is 1. The highest BCUT2D eigenvalue weighted by molar-refractivity contribution is 5.93. The van der Waals surface area contributed by atoms with E-state index in [1.165, 1.54) is 5.56 Å². The molecule has 32 heavy (non-hydrogen) atoms. The lowest BCUT2D eigenvalue weighted by Gasteiger charge is -2.41. The number of imidazole rings is 1. The zero-order chi connectivity index (χ0) is 22.1. The minimum absolute atomic E-state index is 0.0884. The second-order valence-corrected chi connectivity index (χ2v) is 7.96. The van der Waals surface area contributed by atoms with Crippen molar-refractivity contribution in [1.29, 1.82) is 5.26 Å². The normalized spacial score (nSPS) is 15.4. The van der Waals surface area contributed by atoms with Crippen LogP contribution in [-0.4, -0.2) is 50.6 Å². The Morgan fingerprint density at radius 2 is 1.97 bits per heavy atom. The van der Waals surface area contributed by atoms with Gasteiger partial charge >= 0.3 is 0 Å². The van der Waals surface area contributed by atoms with Crippen molar-refractivity contribution in [3.05, 3.63) is 83.4 Å². The molecule has 8 nitrogen and oxygen atoms in total. The second-order valence-electron chi connectivity index (χ2n) is 7.96. The van der Waals surface area contributed by atoms with E-state index < -0.39 is 0 Å². The number of piperidine rings is 1. The molecule has 1 aliphatic rings. The summed E-state index contributed by atoms with van der Waals surface area (Å²) in [6, 6.07) is 17.7. The molecule has 4 heterocycles. The Morgan fingerprint density at radius 1 is 1.19 bits per heavy atom. The molecule has 0 unspecified atom stereocenters. The smallest absolute Gasteiger partial charge is 0.270 e. The zero-order valence-corrected chi connectivity index (χ0v) is 17.7. The fraction of sp³-hybridized carbons (Fsp3) is 0.250. The molecule has 1 saturated heterocycles. The molecule has 1 aromatic carbocycles. The predicted octanol–water partition coefficient (Wildman–Crippen LogP) is 3.16. The maximum atomic E-state index is 13.0. The van der Waals surface area contributed by atoms with Crippen LogP contribution in [0.5, 0.6) is 5.88 Å². The SMILES string of the molecule is COc1ccc2nc(C3(c4ccccc4)CCN(C(=O)c4cc(C#N)c[nH]4)CC3)cn2n1. The van der Waals surface area contributed by atoms with Crippen molar-refractivity contribution < 1.29 is 9.53 Å². The highest BCUT2D eigenvalue weighted by Crippen LogP contribution is 2.41. The Kier molecular flexibility index (Phi) is 4.86. The summed E-state index contributed by atoms with van der Waals surface area (Å²) in [7, 11) is 1.59. The monoisotopic (exact) mass is 426 g/mol. The molecule has 0 spiro atoms. The van der Waals surface area contributed by atoms with E-state index in [9.17, 15) is 4.79 Å². The first-order valence-corrected chi connectivity index (χ1v) is 10.5. The van der Waals surface area contributed by atoms with Gasteiger partial charge in [0, 0.05) is 30.8 Å². The number of nitrogens with one attached hydrogen (secondary N) is 1. The average molecular weight is 426 g/mol. The van der Waals surface area contributed by atoms with Crippen LogP contribution in [0.15, 0.2) is 60.9 Å². The Balaban J connectivity index is 1.48. The van der Waals surface area contributed by atoms with Gasteiger partial charge in [-0.2, -0.15) is 5.26 Å². The topological polar surface area (TPSA) is 99.3 Å². The molecule has 0 aliphatic carbocycles. The van der Waals surface area contributed by atoms with Gasteiger partial charge in [0.25, 0.3) is 5.91 Å². The maximum Gasteiger partial charge on any atom is 0.270 e. The molecule has 1 fully saturated rings. The van der Waals surface area contributed by atoms with Gasteiger partial charge in [0.15, 0.2) is 5.65 Å². The number of H-pyrrole nitrogens is 1. The molecule has 1 aliphatic heterocycles. The number of nitriles is 1. The van der Waals surface area contributed by atoms with Crippen LogP contribution in [0, 0.1) is 11.3 Å². The third-order valence-corrected chi connectivity index (χ3v) is 6.27. The number of ether oxygens (including phenoxy) is 1. The summed E-state index contributed by atoms with van der Waals surface area (Å²) in [5.74, 6) is 0.438.